The molecule has 1 aromatic carbocycles. The number of rotatable bonds is 2. The third-order valence-electron chi connectivity index (χ3n) is 2.47. The summed E-state index contributed by atoms with van der Waals surface area (Å²) >= 11 is 1.20. The Labute approximate surface area is 103 Å². The van der Waals surface area contributed by atoms with E-state index in [0.717, 1.165) is 16.7 Å². The fraction of sp³-hybridized carbons (Fsp3) is 0.167. The summed E-state index contributed by atoms with van der Waals surface area (Å²) < 4.78 is 0. The summed E-state index contributed by atoms with van der Waals surface area (Å²) in [5, 5.41) is 9.80. The fourth-order valence-electron chi connectivity index (χ4n) is 1.65. The number of aromatic carboxylic acids is 1. The molecule has 0 fully saturated rings. The maximum Gasteiger partial charge on any atom is 0.357 e. The lowest BCUT2D eigenvalue weighted by Gasteiger charge is -2.02. The van der Waals surface area contributed by atoms with Crippen molar-refractivity contribution >= 4 is 22.3 Å². The minimum absolute atomic E-state index is 0.0648. The highest BCUT2D eigenvalue weighted by molar-refractivity contribution is 7.19. The summed E-state index contributed by atoms with van der Waals surface area (Å²) in [5.74, 6) is -1.09. The van der Waals surface area contributed by atoms with Gasteiger partial charge in [0, 0.05) is 5.56 Å². The maximum atomic E-state index is 10.9. The lowest BCUT2D eigenvalue weighted by molar-refractivity contribution is 0.0692. The number of benzene rings is 1. The smallest absolute Gasteiger partial charge is 0.357 e. The largest absolute Gasteiger partial charge is 0.476 e. The van der Waals surface area contributed by atoms with Crippen LogP contribution in [0.15, 0.2) is 18.2 Å². The number of nitrogens with two attached hydrogens (primary N) is 1. The van der Waals surface area contributed by atoms with Crippen LogP contribution in [0.2, 0.25) is 0 Å². The average molecular weight is 248 g/mol. The number of aromatic nitrogens is 1. The highest BCUT2D eigenvalue weighted by Gasteiger charge is 2.16. The van der Waals surface area contributed by atoms with Gasteiger partial charge in [-0.25, -0.2) is 9.78 Å². The maximum absolute atomic E-state index is 10.9. The molecule has 0 unspecified atom stereocenters. The SMILES string of the molecule is Cc1ccc(-c2nc(C(=O)O)c(N)s2)c(C)c1. The molecule has 17 heavy (non-hydrogen) atoms. The van der Waals surface area contributed by atoms with Crippen LogP contribution in [0.5, 0.6) is 0 Å². The Morgan fingerprint density at radius 3 is 2.65 bits per heavy atom. The lowest BCUT2D eigenvalue weighted by Crippen LogP contribution is -2.00. The van der Waals surface area contributed by atoms with E-state index in [-0.39, 0.29) is 10.7 Å². The number of carboxylic acids is 1. The first-order chi connectivity index (χ1) is 7.99. The summed E-state index contributed by atoms with van der Waals surface area (Å²) in [6, 6.07) is 5.95. The number of hydrogen-bond acceptors (Lipinski definition) is 4. The van der Waals surface area contributed by atoms with Gasteiger partial charge >= 0.3 is 5.97 Å². The topological polar surface area (TPSA) is 76.2 Å². The second kappa shape index (κ2) is 4.18. The van der Waals surface area contributed by atoms with Crippen LogP contribution in [-0.2, 0) is 0 Å². The normalized spacial score (nSPS) is 10.5. The van der Waals surface area contributed by atoms with Crippen LogP contribution < -0.4 is 5.73 Å². The third kappa shape index (κ3) is 2.14. The van der Waals surface area contributed by atoms with Gasteiger partial charge in [-0.2, -0.15) is 0 Å². The van der Waals surface area contributed by atoms with Crippen molar-refractivity contribution in [2.75, 3.05) is 5.73 Å². The van der Waals surface area contributed by atoms with Gasteiger partial charge in [0.25, 0.3) is 0 Å². The van der Waals surface area contributed by atoms with Gasteiger partial charge < -0.3 is 10.8 Å². The number of carboxylic acid groups (broad SMARTS) is 1. The Hall–Kier alpha value is -1.88. The molecule has 88 valence electrons. The van der Waals surface area contributed by atoms with E-state index in [4.69, 9.17) is 10.8 Å². The zero-order valence-corrected chi connectivity index (χ0v) is 10.3. The summed E-state index contributed by atoms with van der Waals surface area (Å²) in [5.41, 5.74) is 8.73. The van der Waals surface area contributed by atoms with E-state index >= 15 is 0 Å². The van der Waals surface area contributed by atoms with E-state index in [0.29, 0.717) is 5.01 Å². The minimum Gasteiger partial charge on any atom is -0.476 e. The quantitative estimate of drug-likeness (QED) is 0.856. The molecular formula is C12H12N2O2S. The Morgan fingerprint density at radius 1 is 1.41 bits per heavy atom. The van der Waals surface area contributed by atoms with E-state index < -0.39 is 5.97 Å². The highest BCUT2D eigenvalue weighted by Crippen LogP contribution is 2.32. The molecule has 0 saturated heterocycles. The Bertz CT molecular complexity index is 590. The van der Waals surface area contributed by atoms with Crippen LogP contribution in [-0.4, -0.2) is 16.1 Å². The van der Waals surface area contributed by atoms with E-state index in [1.165, 1.54) is 11.3 Å². The van der Waals surface area contributed by atoms with Crippen molar-refractivity contribution in [1.82, 2.24) is 4.98 Å². The predicted octanol–water partition coefficient (Wildman–Crippen LogP) is 2.71. The summed E-state index contributed by atoms with van der Waals surface area (Å²) in [7, 11) is 0. The third-order valence-corrected chi connectivity index (χ3v) is 3.39. The molecule has 0 amide bonds. The van der Waals surface area contributed by atoms with Gasteiger partial charge in [-0.3, -0.25) is 0 Å². The molecule has 1 heterocycles. The zero-order chi connectivity index (χ0) is 12.6. The van der Waals surface area contributed by atoms with Crippen molar-refractivity contribution in [2.24, 2.45) is 0 Å². The van der Waals surface area contributed by atoms with Crippen molar-refractivity contribution in [1.29, 1.82) is 0 Å². The first-order valence-corrected chi connectivity index (χ1v) is 5.88. The van der Waals surface area contributed by atoms with Gasteiger partial charge in [0.2, 0.25) is 0 Å². The molecule has 0 aliphatic rings. The van der Waals surface area contributed by atoms with Crippen molar-refractivity contribution < 1.29 is 9.90 Å². The standard InChI is InChI=1S/C12H12N2O2S/c1-6-3-4-8(7(2)5-6)11-14-9(12(15)16)10(13)17-11/h3-5H,13H2,1-2H3,(H,15,16). The monoisotopic (exact) mass is 248 g/mol. The number of nitrogen functional groups attached to an aromatic ring is 1. The molecule has 2 aromatic rings. The van der Waals surface area contributed by atoms with Gasteiger partial charge in [-0.15, -0.1) is 0 Å². The van der Waals surface area contributed by atoms with Crippen LogP contribution in [0, 0.1) is 13.8 Å². The van der Waals surface area contributed by atoms with Gasteiger partial charge in [0.1, 0.15) is 10.0 Å². The van der Waals surface area contributed by atoms with Crippen LogP contribution >= 0.6 is 11.3 Å². The predicted molar refractivity (Wildman–Crippen MR) is 68.4 cm³/mol. The zero-order valence-electron chi connectivity index (χ0n) is 9.52. The molecule has 4 nitrogen and oxygen atoms in total. The molecule has 1 aromatic heterocycles. The Balaban J connectivity index is 2.53. The first kappa shape index (κ1) is 11.6. The van der Waals surface area contributed by atoms with Crippen molar-refractivity contribution in [3.63, 3.8) is 0 Å². The number of aryl methyl sites for hydroxylation is 2. The number of nitrogens with zero attached hydrogens (tertiary/aromatic N) is 1. The molecule has 0 atom stereocenters. The van der Waals surface area contributed by atoms with Gasteiger partial charge in [-0.1, -0.05) is 35.1 Å². The van der Waals surface area contributed by atoms with Crippen LogP contribution in [0.1, 0.15) is 21.6 Å². The number of thiazole rings is 1. The molecule has 0 saturated carbocycles. The summed E-state index contributed by atoms with van der Waals surface area (Å²) in [6.07, 6.45) is 0. The van der Waals surface area contributed by atoms with Gasteiger partial charge in [-0.05, 0) is 19.4 Å². The Morgan fingerprint density at radius 2 is 2.12 bits per heavy atom. The van der Waals surface area contributed by atoms with Crippen molar-refractivity contribution in [2.45, 2.75) is 13.8 Å². The van der Waals surface area contributed by atoms with Gasteiger partial charge in [0.15, 0.2) is 5.69 Å². The molecule has 2 rings (SSSR count). The first-order valence-electron chi connectivity index (χ1n) is 5.06. The molecule has 0 spiro atoms. The number of carbonyl (C=O) groups is 1. The van der Waals surface area contributed by atoms with E-state index in [1.54, 1.807) is 0 Å². The number of hydrogen-bond donors (Lipinski definition) is 2. The summed E-state index contributed by atoms with van der Waals surface area (Å²) in [6.45, 7) is 3.98. The average Bonchev–Trinajstić information content (AvgIpc) is 2.60. The molecule has 0 aliphatic carbocycles. The molecular weight excluding hydrogens is 236 g/mol. The molecule has 5 heteroatoms. The van der Waals surface area contributed by atoms with E-state index in [9.17, 15) is 4.79 Å². The van der Waals surface area contributed by atoms with Crippen molar-refractivity contribution in [3.05, 3.63) is 35.0 Å². The van der Waals surface area contributed by atoms with E-state index in [1.807, 2.05) is 32.0 Å². The fourth-order valence-corrected chi connectivity index (χ4v) is 2.57. The van der Waals surface area contributed by atoms with Crippen LogP contribution in [0.4, 0.5) is 5.00 Å². The summed E-state index contributed by atoms with van der Waals surface area (Å²) in [4.78, 5) is 14.9. The second-order valence-electron chi connectivity index (χ2n) is 3.86. The van der Waals surface area contributed by atoms with Crippen molar-refractivity contribution in [3.8, 4) is 10.6 Å². The lowest BCUT2D eigenvalue weighted by atomic mass is 10.1. The molecule has 0 aliphatic heterocycles. The van der Waals surface area contributed by atoms with Crippen LogP contribution in [0.25, 0.3) is 10.6 Å². The highest BCUT2D eigenvalue weighted by atomic mass is 32.1. The van der Waals surface area contributed by atoms with Gasteiger partial charge in [0.05, 0.1) is 0 Å². The molecule has 3 N–H and O–H groups in total. The molecule has 0 radical (unpaired) electrons. The second-order valence-corrected chi connectivity index (χ2v) is 4.89. The van der Waals surface area contributed by atoms with E-state index in [2.05, 4.69) is 4.98 Å². The number of anilines is 1. The molecule has 0 bridgehead atoms. The Kier molecular flexibility index (Phi) is 2.85. The van der Waals surface area contributed by atoms with Crippen LogP contribution in [0.3, 0.4) is 0 Å². The minimum atomic E-state index is -1.09.